The Morgan fingerprint density at radius 1 is 0.850 bits per heavy atom. The lowest BCUT2D eigenvalue weighted by Gasteiger charge is -2.22. The fourth-order valence-electron chi connectivity index (χ4n) is 3.35. The molecule has 0 heterocycles. The number of rotatable bonds is 3. The lowest BCUT2D eigenvalue weighted by Crippen LogP contribution is -2.04. The van der Waals surface area contributed by atoms with Crippen molar-refractivity contribution in [3.8, 4) is 11.1 Å². The van der Waals surface area contributed by atoms with E-state index in [1.807, 2.05) is 0 Å². The first kappa shape index (κ1) is 13.4. The van der Waals surface area contributed by atoms with E-state index in [2.05, 4.69) is 48.5 Å². The highest BCUT2D eigenvalue weighted by Gasteiger charge is 2.15. The molecular formula is C19H23N. The van der Waals surface area contributed by atoms with Crippen LogP contribution in [-0.4, -0.2) is 0 Å². The average molecular weight is 265 g/mol. The van der Waals surface area contributed by atoms with Gasteiger partial charge in [0.15, 0.2) is 0 Å². The first-order valence-corrected chi connectivity index (χ1v) is 7.77. The molecule has 0 unspecified atom stereocenters. The molecule has 0 bridgehead atoms. The first-order valence-electron chi connectivity index (χ1n) is 7.77. The van der Waals surface area contributed by atoms with Crippen LogP contribution in [0, 0.1) is 0 Å². The van der Waals surface area contributed by atoms with Crippen molar-refractivity contribution < 1.29 is 0 Å². The molecule has 1 fully saturated rings. The molecular weight excluding hydrogens is 242 g/mol. The molecule has 0 spiro atoms. The lowest BCUT2D eigenvalue weighted by molar-refractivity contribution is 0.443. The van der Waals surface area contributed by atoms with Crippen LogP contribution in [0.15, 0.2) is 48.5 Å². The second-order valence-corrected chi connectivity index (χ2v) is 5.82. The van der Waals surface area contributed by atoms with Gasteiger partial charge in [-0.1, -0.05) is 67.8 Å². The standard InChI is InChI=1S/C19H23N/c20-14-18-8-4-5-9-19(18)17-12-10-16(11-13-17)15-6-2-1-3-7-15/h4-5,8-13,15H,1-3,6-7,14,20H2. The van der Waals surface area contributed by atoms with E-state index < -0.39 is 0 Å². The maximum absolute atomic E-state index is 5.83. The lowest BCUT2D eigenvalue weighted by atomic mass is 9.83. The van der Waals surface area contributed by atoms with Crippen molar-refractivity contribution in [1.29, 1.82) is 0 Å². The summed E-state index contributed by atoms with van der Waals surface area (Å²) in [4.78, 5) is 0. The molecule has 0 amide bonds. The molecule has 2 aromatic rings. The van der Waals surface area contributed by atoms with Crippen molar-refractivity contribution in [2.45, 2.75) is 44.6 Å². The fraction of sp³-hybridized carbons (Fsp3) is 0.368. The number of nitrogens with two attached hydrogens (primary N) is 1. The summed E-state index contributed by atoms with van der Waals surface area (Å²) in [6, 6.07) is 17.6. The molecule has 3 rings (SSSR count). The summed E-state index contributed by atoms with van der Waals surface area (Å²) in [6.07, 6.45) is 6.92. The topological polar surface area (TPSA) is 26.0 Å². The van der Waals surface area contributed by atoms with Gasteiger partial charge in [0.25, 0.3) is 0 Å². The summed E-state index contributed by atoms with van der Waals surface area (Å²) in [7, 11) is 0. The van der Waals surface area contributed by atoms with E-state index in [-0.39, 0.29) is 0 Å². The third kappa shape index (κ3) is 2.78. The van der Waals surface area contributed by atoms with E-state index in [4.69, 9.17) is 5.73 Å². The molecule has 1 saturated carbocycles. The molecule has 1 heteroatoms. The summed E-state index contributed by atoms with van der Waals surface area (Å²) in [5, 5.41) is 0. The van der Waals surface area contributed by atoms with Crippen molar-refractivity contribution >= 4 is 0 Å². The van der Waals surface area contributed by atoms with E-state index in [1.54, 1.807) is 0 Å². The Hall–Kier alpha value is -1.60. The van der Waals surface area contributed by atoms with Crippen molar-refractivity contribution in [3.63, 3.8) is 0 Å². The largest absolute Gasteiger partial charge is 0.326 e. The van der Waals surface area contributed by atoms with Gasteiger partial charge in [-0.3, -0.25) is 0 Å². The van der Waals surface area contributed by atoms with Crippen LogP contribution < -0.4 is 5.73 Å². The van der Waals surface area contributed by atoms with Crippen LogP contribution in [0.1, 0.15) is 49.1 Å². The van der Waals surface area contributed by atoms with Crippen LogP contribution in [0.25, 0.3) is 11.1 Å². The molecule has 2 aromatic carbocycles. The third-order valence-electron chi connectivity index (χ3n) is 4.54. The van der Waals surface area contributed by atoms with Crippen LogP contribution in [0.2, 0.25) is 0 Å². The van der Waals surface area contributed by atoms with E-state index in [1.165, 1.54) is 54.4 Å². The monoisotopic (exact) mass is 265 g/mol. The van der Waals surface area contributed by atoms with Gasteiger partial charge >= 0.3 is 0 Å². The molecule has 0 radical (unpaired) electrons. The Morgan fingerprint density at radius 3 is 2.25 bits per heavy atom. The Bertz CT molecular complexity index is 550. The zero-order valence-corrected chi connectivity index (χ0v) is 12.0. The Labute approximate surface area is 121 Å². The van der Waals surface area contributed by atoms with Gasteiger partial charge in [0, 0.05) is 6.54 Å². The van der Waals surface area contributed by atoms with Gasteiger partial charge in [-0.2, -0.15) is 0 Å². The Kier molecular flexibility index (Phi) is 4.17. The molecule has 1 aliphatic rings. The second-order valence-electron chi connectivity index (χ2n) is 5.82. The third-order valence-corrected chi connectivity index (χ3v) is 4.54. The van der Waals surface area contributed by atoms with Crippen LogP contribution in [0.3, 0.4) is 0 Å². The number of benzene rings is 2. The van der Waals surface area contributed by atoms with E-state index in [9.17, 15) is 0 Å². The van der Waals surface area contributed by atoms with Crippen molar-refractivity contribution in [1.82, 2.24) is 0 Å². The normalized spacial score (nSPS) is 16.2. The maximum atomic E-state index is 5.83. The molecule has 20 heavy (non-hydrogen) atoms. The van der Waals surface area contributed by atoms with Gasteiger partial charge in [0.1, 0.15) is 0 Å². The van der Waals surface area contributed by atoms with E-state index in [0.717, 1.165) is 5.92 Å². The molecule has 0 aromatic heterocycles. The van der Waals surface area contributed by atoms with Gasteiger partial charge in [-0.05, 0) is 41.0 Å². The highest BCUT2D eigenvalue weighted by Crippen LogP contribution is 2.33. The minimum atomic E-state index is 0.598. The summed E-state index contributed by atoms with van der Waals surface area (Å²) >= 11 is 0. The van der Waals surface area contributed by atoms with Crippen molar-refractivity contribution in [2.75, 3.05) is 0 Å². The fourth-order valence-corrected chi connectivity index (χ4v) is 3.35. The maximum Gasteiger partial charge on any atom is 0.0184 e. The zero-order chi connectivity index (χ0) is 13.8. The Balaban J connectivity index is 1.85. The molecule has 1 aliphatic carbocycles. The van der Waals surface area contributed by atoms with Crippen LogP contribution >= 0.6 is 0 Å². The predicted octanol–water partition coefficient (Wildman–Crippen LogP) is 4.86. The SMILES string of the molecule is NCc1ccccc1-c1ccc(C2CCCCC2)cc1. The summed E-state index contributed by atoms with van der Waals surface area (Å²) in [6.45, 7) is 0.598. The minimum absolute atomic E-state index is 0.598. The number of hydrogen-bond donors (Lipinski definition) is 1. The van der Waals surface area contributed by atoms with E-state index in [0.29, 0.717) is 6.54 Å². The van der Waals surface area contributed by atoms with Crippen LogP contribution in [0.5, 0.6) is 0 Å². The molecule has 0 aliphatic heterocycles. The molecule has 1 nitrogen and oxygen atoms in total. The van der Waals surface area contributed by atoms with Crippen molar-refractivity contribution in [2.24, 2.45) is 5.73 Å². The first-order chi connectivity index (χ1) is 9.88. The molecule has 104 valence electrons. The van der Waals surface area contributed by atoms with Gasteiger partial charge in [0.2, 0.25) is 0 Å². The quantitative estimate of drug-likeness (QED) is 0.842. The summed E-state index contributed by atoms with van der Waals surface area (Å²) < 4.78 is 0. The summed E-state index contributed by atoms with van der Waals surface area (Å²) in [5.74, 6) is 0.780. The summed E-state index contributed by atoms with van der Waals surface area (Å²) in [5.41, 5.74) is 11.1. The van der Waals surface area contributed by atoms with Crippen molar-refractivity contribution in [3.05, 3.63) is 59.7 Å². The highest BCUT2D eigenvalue weighted by molar-refractivity contribution is 5.67. The van der Waals surface area contributed by atoms with Gasteiger partial charge in [-0.15, -0.1) is 0 Å². The average Bonchev–Trinajstić information content (AvgIpc) is 2.56. The Morgan fingerprint density at radius 2 is 1.55 bits per heavy atom. The van der Waals surface area contributed by atoms with E-state index >= 15 is 0 Å². The minimum Gasteiger partial charge on any atom is -0.326 e. The molecule has 0 saturated heterocycles. The van der Waals surface area contributed by atoms with Gasteiger partial charge in [0.05, 0.1) is 0 Å². The highest BCUT2D eigenvalue weighted by atomic mass is 14.5. The smallest absolute Gasteiger partial charge is 0.0184 e. The predicted molar refractivity (Wildman–Crippen MR) is 85.6 cm³/mol. The molecule has 0 atom stereocenters. The van der Waals surface area contributed by atoms with Gasteiger partial charge in [-0.25, -0.2) is 0 Å². The molecule has 2 N–H and O–H groups in total. The second kappa shape index (κ2) is 6.23. The zero-order valence-electron chi connectivity index (χ0n) is 12.0. The van der Waals surface area contributed by atoms with Crippen LogP contribution in [-0.2, 0) is 6.54 Å². The van der Waals surface area contributed by atoms with Gasteiger partial charge < -0.3 is 5.73 Å². The van der Waals surface area contributed by atoms with Crippen LogP contribution in [0.4, 0.5) is 0 Å². The number of hydrogen-bond acceptors (Lipinski definition) is 1.